The Morgan fingerprint density at radius 1 is 1.22 bits per heavy atom. The largest absolute Gasteiger partial charge is 0.300 e. The summed E-state index contributed by atoms with van der Waals surface area (Å²) in [5, 5.41) is 0. The van der Waals surface area contributed by atoms with E-state index in [1.165, 1.54) is 68.4 Å². The van der Waals surface area contributed by atoms with Gasteiger partial charge >= 0.3 is 0 Å². The molecule has 1 aromatic heterocycles. The predicted octanol–water partition coefficient (Wildman–Crippen LogP) is 2.99. The standard InChI is InChI=1S/C16H24N2/c1-2-13-11-14-5-6-15(18-9-3-4-10-18)7-8-16(14)17-12-13/h11-12,15H,2-10H2,1H3. The highest BCUT2D eigenvalue weighted by Crippen LogP contribution is 2.25. The molecule has 1 aliphatic heterocycles. The first-order valence-electron chi connectivity index (χ1n) is 7.57. The average Bonchev–Trinajstić information content (AvgIpc) is 2.85. The van der Waals surface area contributed by atoms with Gasteiger partial charge < -0.3 is 4.90 Å². The van der Waals surface area contributed by atoms with Crippen LogP contribution in [-0.2, 0) is 19.3 Å². The van der Waals surface area contributed by atoms with Gasteiger partial charge in [-0.3, -0.25) is 4.98 Å². The summed E-state index contributed by atoms with van der Waals surface area (Å²) in [6.45, 7) is 4.87. The van der Waals surface area contributed by atoms with Crippen LogP contribution < -0.4 is 0 Å². The second kappa shape index (κ2) is 5.40. The minimum Gasteiger partial charge on any atom is -0.300 e. The number of pyridine rings is 1. The van der Waals surface area contributed by atoms with Crippen molar-refractivity contribution in [2.75, 3.05) is 13.1 Å². The lowest BCUT2D eigenvalue weighted by molar-refractivity contribution is 0.222. The second-order valence-electron chi connectivity index (χ2n) is 5.78. The number of fused-ring (bicyclic) bond motifs is 1. The highest BCUT2D eigenvalue weighted by molar-refractivity contribution is 5.27. The number of aryl methyl sites for hydroxylation is 3. The zero-order valence-electron chi connectivity index (χ0n) is 11.5. The van der Waals surface area contributed by atoms with Gasteiger partial charge in [-0.15, -0.1) is 0 Å². The Hall–Kier alpha value is -0.890. The van der Waals surface area contributed by atoms with Crippen molar-refractivity contribution in [1.82, 2.24) is 9.88 Å². The highest BCUT2D eigenvalue weighted by Gasteiger charge is 2.24. The molecule has 2 heteroatoms. The van der Waals surface area contributed by atoms with Crippen LogP contribution in [0, 0.1) is 0 Å². The number of hydrogen-bond donors (Lipinski definition) is 0. The summed E-state index contributed by atoms with van der Waals surface area (Å²) in [6, 6.07) is 3.21. The van der Waals surface area contributed by atoms with Crippen molar-refractivity contribution in [2.24, 2.45) is 0 Å². The minimum atomic E-state index is 0.812. The molecule has 1 fully saturated rings. The van der Waals surface area contributed by atoms with E-state index >= 15 is 0 Å². The molecule has 2 aliphatic rings. The molecule has 1 unspecified atom stereocenters. The molecule has 98 valence electrons. The van der Waals surface area contributed by atoms with Crippen LogP contribution in [0.15, 0.2) is 12.3 Å². The minimum absolute atomic E-state index is 0.812. The molecule has 0 aromatic carbocycles. The average molecular weight is 244 g/mol. The molecule has 0 N–H and O–H groups in total. The molecule has 3 rings (SSSR count). The van der Waals surface area contributed by atoms with E-state index < -0.39 is 0 Å². The molecule has 0 radical (unpaired) electrons. The molecule has 2 heterocycles. The van der Waals surface area contributed by atoms with E-state index in [9.17, 15) is 0 Å². The lowest BCUT2D eigenvalue weighted by Crippen LogP contribution is -2.32. The molecule has 0 spiro atoms. The summed E-state index contributed by atoms with van der Waals surface area (Å²) in [7, 11) is 0. The maximum Gasteiger partial charge on any atom is 0.0436 e. The molecule has 0 saturated carbocycles. The van der Waals surface area contributed by atoms with Crippen molar-refractivity contribution < 1.29 is 0 Å². The Bertz CT molecular complexity index is 408. The van der Waals surface area contributed by atoms with Gasteiger partial charge in [0.05, 0.1) is 0 Å². The van der Waals surface area contributed by atoms with E-state index in [2.05, 4.69) is 24.1 Å². The van der Waals surface area contributed by atoms with Gasteiger partial charge in [-0.2, -0.15) is 0 Å². The number of rotatable bonds is 2. The van der Waals surface area contributed by atoms with Crippen molar-refractivity contribution in [3.63, 3.8) is 0 Å². The van der Waals surface area contributed by atoms with Gasteiger partial charge in [-0.05, 0) is 69.2 Å². The number of likely N-dealkylation sites (tertiary alicyclic amines) is 1. The lowest BCUT2D eigenvalue weighted by atomic mass is 10.0. The second-order valence-corrected chi connectivity index (χ2v) is 5.78. The van der Waals surface area contributed by atoms with Crippen LogP contribution in [0.25, 0.3) is 0 Å². The van der Waals surface area contributed by atoms with E-state index in [4.69, 9.17) is 4.98 Å². The number of nitrogens with zero attached hydrogens (tertiary/aromatic N) is 2. The van der Waals surface area contributed by atoms with Gasteiger partial charge in [-0.1, -0.05) is 13.0 Å². The van der Waals surface area contributed by atoms with E-state index in [0.29, 0.717) is 0 Å². The SMILES string of the molecule is CCc1cnc2c(c1)CCC(N1CCCC1)CC2. The van der Waals surface area contributed by atoms with Crippen LogP contribution in [0.3, 0.4) is 0 Å². The Balaban J connectivity index is 1.73. The zero-order valence-corrected chi connectivity index (χ0v) is 11.5. The Labute approximate surface area is 110 Å². The third-order valence-electron chi connectivity index (χ3n) is 4.64. The first-order chi connectivity index (χ1) is 8.86. The molecule has 2 nitrogen and oxygen atoms in total. The summed E-state index contributed by atoms with van der Waals surface area (Å²) < 4.78 is 0. The molecular weight excluding hydrogens is 220 g/mol. The molecule has 1 aliphatic carbocycles. The summed E-state index contributed by atoms with van der Waals surface area (Å²) in [6.07, 6.45) is 11.1. The summed E-state index contributed by atoms with van der Waals surface area (Å²) in [5.74, 6) is 0. The van der Waals surface area contributed by atoms with Gasteiger partial charge in [0.15, 0.2) is 0 Å². The van der Waals surface area contributed by atoms with E-state index in [1.54, 1.807) is 0 Å². The quantitative estimate of drug-likeness (QED) is 0.744. The van der Waals surface area contributed by atoms with Crippen molar-refractivity contribution in [3.8, 4) is 0 Å². The normalized spacial score (nSPS) is 24.8. The molecule has 0 amide bonds. The predicted molar refractivity (Wildman–Crippen MR) is 74.9 cm³/mol. The van der Waals surface area contributed by atoms with Crippen LogP contribution in [0.4, 0.5) is 0 Å². The Morgan fingerprint density at radius 3 is 2.78 bits per heavy atom. The molecule has 1 aromatic rings. The van der Waals surface area contributed by atoms with Gasteiger partial charge in [-0.25, -0.2) is 0 Å². The van der Waals surface area contributed by atoms with Gasteiger partial charge in [0.25, 0.3) is 0 Å². The smallest absolute Gasteiger partial charge is 0.0436 e. The molecule has 0 bridgehead atoms. The monoisotopic (exact) mass is 244 g/mol. The summed E-state index contributed by atoms with van der Waals surface area (Å²) in [5.41, 5.74) is 4.29. The fourth-order valence-corrected chi connectivity index (χ4v) is 3.46. The maximum atomic E-state index is 4.69. The van der Waals surface area contributed by atoms with Crippen LogP contribution >= 0.6 is 0 Å². The van der Waals surface area contributed by atoms with Crippen LogP contribution in [-0.4, -0.2) is 29.0 Å². The van der Waals surface area contributed by atoms with E-state index in [-0.39, 0.29) is 0 Å². The Kier molecular flexibility index (Phi) is 3.64. The molecule has 18 heavy (non-hydrogen) atoms. The van der Waals surface area contributed by atoms with Gasteiger partial charge in [0.1, 0.15) is 0 Å². The van der Waals surface area contributed by atoms with Crippen molar-refractivity contribution in [2.45, 2.75) is 57.9 Å². The molecule has 1 saturated heterocycles. The van der Waals surface area contributed by atoms with E-state index in [1.807, 2.05) is 0 Å². The third-order valence-corrected chi connectivity index (χ3v) is 4.64. The van der Waals surface area contributed by atoms with Crippen LogP contribution in [0.2, 0.25) is 0 Å². The summed E-state index contributed by atoms with van der Waals surface area (Å²) in [4.78, 5) is 7.41. The number of hydrogen-bond acceptors (Lipinski definition) is 2. The van der Waals surface area contributed by atoms with Crippen molar-refractivity contribution in [3.05, 3.63) is 29.1 Å². The first kappa shape index (κ1) is 12.2. The maximum absolute atomic E-state index is 4.69. The van der Waals surface area contributed by atoms with E-state index in [0.717, 1.165) is 12.5 Å². The topological polar surface area (TPSA) is 16.1 Å². The Morgan fingerprint density at radius 2 is 2.00 bits per heavy atom. The van der Waals surface area contributed by atoms with Crippen molar-refractivity contribution >= 4 is 0 Å². The molecule has 1 atom stereocenters. The highest BCUT2D eigenvalue weighted by atomic mass is 15.2. The van der Waals surface area contributed by atoms with Crippen LogP contribution in [0.5, 0.6) is 0 Å². The number of aromatic nitrogens is 1. The zero-order chi connectivity index (χ0) is 12.4. The first-order valence-corrected chi connectivity index (χ1v) is 7.57. The van der Waals surface area contributed by atoms with Crippen molar-refractivity contribution in [1.29, 1.82) is 0 Å². The fourth-order valence-electron chi connectivity index (χ4n) is 3.46. The lowest BCUT2D eigenvalue weighted by Gasteiger charge is -2.25. The molecular formula is C16H24N2. The van der Waals surface area contributed by atoms with Gasteiger partial charge in [0.2, 0.25) is 0 Å². The van der Waals surface area contributed by atoms with Crippen LogP contribution in [0.1, 0.15) is 49.4 Å². The fraction of sp³-hybridized carbons (Fsp3) is 0.688. The van der Waals surface area contributed by atoms with Gasteiger partial charge in [0, 0.05) is 17.9 Å². The third kappa shape index (κ3) is 2.44. The summed E-state index contributed by atoms with van der Waals surface area (Å²) >= 11 is 0.